The largest absolute Gasteiger partial charge is 0.469 e. The van der Waals surface area contributed by atoms with Crippen molar-refractivity contribution in [1.29, 1.82) is 5.26 Å². The number of carbonyl (C=O) groups is 1. The van der Waals surface area contributed by atoms with Crippen LogP contribution in [-0.2, 0) is 4.74 Å². The maximum Gasteiger partial charge on any atom is 0.410 e. The number of hydrogen-bond donors (Lipinski definition) is 0. The molecule has 0 radical (unpaired) electrons. The van der Waals surface area contributed by atoms with E-state index in [-0.39, 0.29) is 18.2 Å². The van der Waals surface area contributed by atoms with Crippen LogP contribution < -0.4 is 4.74 Å². The zero-order valence-electron chi connectivity index (χ0n) is 23.7. The van der Waals surface area contributed by atoms with E-state index in [1.165, 1.54) is 6.20 Å². The van der Waals surface area contributed by atoms with Gasteiger partial charge in [0.2, 0.25) is 5.88 Å². The van der Waals surface area contributed by atoms with Crippen LogP contribution in [0.15, 0.2) is 36.7 Å². The van der Waals surface area contributed by atoms with Crippen molar-refractivity contribution < 1.29 is 14.3 Å². The molecule has 0 aromatic carbocycles. The predicted molar refractivity (Wildman–Crippen MR) is 148 cm³/mol. The van der Waals surface area contributed by atoms with Crippen molar-refractivity contribution in [2.75, 3.05) is 13.1 Å². The number of piperidine rings is 1. The molecule has 1 aliphatic heterocycles. The predicted octanol–water partition coefficient (Wildman–Crippen LogP) is 5.19. The standard InChI is InChI=1S/C29H34N8O3/c1-18-7-8-24(31-16-18)20(3)39-26-14-21(13-25-32-17-23(15-30)36(25)26)27-19(2)37(34-33-27)22-9-11-35(12-10-22)28(38)40-29(4,5)6/h7-8,13-14,16-17,20,22H,9-12H2,1-6H3. The Morgan fingerprint density at radius 2 is 1.88 bits per heavy atom. The second-order valence-corrected chi connectivity index (χ2v) is 11.2. The fraction of sp³-hybridized carbons (Fsp3) is 0.448. The van der Waals surface area contributed by atoms with Gasteiger partial charge < -0.3 is 14.4 Å². The monoisotopic (exact) mass is 542 g/mol. The van der Waals surface area contributed by atoms with Gasteiger partial charge in [-0.25, -0.2) is 14.5 Å². The Labute approximate surface area is 233 Å². The van der Waals surface area contributed by atoms with Crippen molar-refractivity contribution in [2.24, 2.45) is 0 Å². The van der Waals surface area contributed by atoms with Crippen LogP contribution in [0.5, 0.6) is 5.88 Å². The Kier molecular flexibility index (Phi) is 7.19. The van der Waals surface area contributed by atoms with Crippen LogP contribution >= 0.6 is 0 Å². The molecule has 11 heteroatoms. The van der Waals surface area contributed by atoms with Gasteiger partial charge in [-0.3, -0.25) is 9.38 Å². The third-order valence-corrected chi connectivity index (χ3v) is 7.00. The molecule has 1 atom stereocenters. The Morgan fingerprint density at radius 1 is 1.12 bits per heavy atom. The Balaban J connectivity index is 1.41. The van der Waals surface area contributed by atoms with Crippen LogP contribution in [0.3, 0.4) is 0 Å². The highest BCUT2D eigenvalue weighted by molar-refractivity contribution is 5.69. The van der Waals surface area contributed by atoms with Crippen LogP contribution in [0.2, 0.25) is 0 Å². The van der Waals surface area contributed by atoms with Crippen LogP contribution in [0.1, 0.15) is 75.3 Å². The molecule has 5 heterocycles. The molecule has 1 aliphatic rings. The first-order valence-corrected chi connectivity index (χ1v) is 13.4. The van der Waals surface area contributed by atoms with Crippen molar-refractivity contribution in [3.05, 3.63) is 59.3 Å². The number of aryl methyl sites for hydroxylation is 1. The van der Waals surface area contributed by atoms with Gasteiger partial charge in [0.25, 0.3) is 0 Å². The third kappa shape index (κ3) is 5.47. The van der Waals surface area contributed by atoms with Gasteiger partial charge in [-0.2, -0.15) is 5.26 Å². The minimum absolute atomic E-state index is 0.114. The van der Waals surface area contributed by atoms with Crippen LogP contribution in [0.4, 0.5) is 4.79 Å². The van der Waals surface area contributed by atoms with E-state index in [1.807, 2.05) is 70.5 Å². The molecular weight excluding hydrogens is 508 g/mol. The number of rotatable bonds is 5. The average Bonchev–Trinajstić information content (AvgIpc) is 3.51. The Morgan fingerprint density at radius 3 is 2.52 bits per heavy atom. The highest BCUT2D eigenvalue weighted by Crippen LogP contribution is 2.33. The Bertz CT molecular complexity index is 1570. The number of imidazole rings is 1. The number of pyridine rings is 2. The summed E-state index contributed by atoms with van der Waals surface area (Å²) in [6, 6.07) is 9.98. The van der Waals surface area contributed by atoms with Gasteiger partial charge in [0.15, 0.2) is 0 Å². The number of amides is 1. The molecular formula is C29H34N8O3. The lowest BCUT2D eigenvalue weighted by Gasteiger charge is -2.33. The Hall–Kier alpha value is -4.46. The quantitative estimate of drug-likeness (QED) is 0.338. The van der Waals surface area contributed by atoms with E-state index in [2.05, 4.69) is 26.3 Å². The third-order valence-electron chi connectivity index (χ3n) is 7.00. The van der Waals surface area contributed by atoms with E-state index < -0.39 is 5.60 Å². The topological polar surface area (TPSA) is 123 Å². The number of hydrogen-bond acceptors (Lipinski definition) is 8. The lowest BCUT2D eigenvalue weighted by Crippen LogP contribution is -2.42. The number of fused-ring (bicyclic) bond motifs is 1. The maximum absolute atomic E-state index is 12.5. The van der Waals surface area contributed by atoms with E-state index in [9.17, 15) is 10.1 Å². The first-order valence-electron chi connectivity index (χ1n) is 13.4. The summed E-state index contributed by atoms with van der Waals surface area (Å²) < 4.78 is 15.5. The number of nitriles is 1. The molecule has 0 N–H and O–H groups in total. The van der Waals surface area contributed by atoms with E-state index in [0.717, 1.165) is 35.4 Å². The fourth-order valence-electron chi connectivity index (χ4n) is 4.92. The van der Waals surface area contributed by atoms with E-state index in [4.69, 9.17) is 9.47 Å². The zero-order chi connectivity index (χ0) is 28.6. The molecule has 0 bridgehead atoms. The molecule has 5 rings (SSSR count). The van der Waals surface area contributed by atoms with Gasteiger partial charge in [0.1, 0.15) is 34.8 Å². The van der Waals surface area contributed by atoms with Crippen LogP contribution in [0.25, 0.3) is 16.9 Å². The summed E-state index contributed by atoms with van der Waals surface area (Å²) >= 11 is 0. The molecule has 1 fully saturated rings. The van der Waals surface area contributed by atoms with Crippen molar-refractivity contribution in [3.63, 3.8) is 0 Å². The summed E-state index contributed by atoms with van der Waals surface area (Å²) in [5.41, 5.74) is 4.68. The number of likely N-dealkylation sites (tertiary alicyclic amines) is 1. The summed E-state index contributed by atoms with van der Waals surface area (Å²) in [6.07, 6.45) is 4.20. The number of carbonyl (C=O) groups excluding carboxylic acids is 1. The molecule has 0 spiro atoms. The minimum atomic E-state index is -0.522. The van der Waals surface area contributed by atoms with Crippen molar-refractivity contribution >= 4 is 11.7 Å². The van der Waals surface area contributed by atoms with Gasteiger partial charge in [-0.05, 0) is 72.1 Å². The van der Waals surface area contributed by atoms with Gasteiger partial charge in [0.05, 0.1) is 23.6 Å². The van der Waals surface area contributed by atoms with Gasteiger partial charge >= 0.3 is 6.09 Å². The normalized spacial score (nSPS) is 15.2. The fourth-order valence-corrected chi connectivity index (χ4v) is 4.92. The molecule has 0 aliphatic carbocycles. The van der Waals surface area contributed by atoms with Crippen LogP contribution in [0, 0.1) is 25.2 Å². The molecule has 0 saturated carbocycles. The highest BCUT2D eigenvalue weighted by atomic mass is 16.6. The molecule has 1 saturated heterocycles. The maximum atomic E-state index is 12.5. The molecule has 40 heavy (non-hydrogen) atoms. The average molecular weight is 543 g/mol. The number of ether oxygens (including phenoxy) is 2. The molecule has 4 aromatic rings. The summed E-state index contributed by atoms with van der Waals surface area (Å²) in [6.45, 7) is 12.7. The first kappa shape index (κ1) is 27.1. The molecule has 1 unspecified atom stereocenters. The number of nitrogens with zero attached hydrogens (tertiary/aromatic N) is 8. The summed E-state index contributed by atoms with van der Waals surface area (Å²) in [5.74, 6) is 0.469. The number of aromatic nitrogens is 6. The van der Waals surface area contributed by atoms with Crippen LogP contribution in [-0.4, -0.2) is 59.0 Å². The zero-order valence-corrected chi connectivity index (χ0v) is 23.7. The molecule has 208 valence electrons. The second kappa shape index (κ2) is 10.6. The van der Waals surface area contributed by atoms with Crippen molar-refractivity contribution in [1.82, 2.24) is 34.3 Å². The van der Waals surface area contributed by atoms with Gasteiger partial charge in [0, 0.05) is 30.9 Å². The highest BCUT2D eigenvalue weighted by Gasteiger charge is 2.29. The van der Waals surface area contributed by atoms with Crippen molar-refractivity contribution in [2.45, 2.75) is 72.1 Å². The summed E-state index contributed by atoms with van der Waals surface area (Å²) in [7, 11) is 0. The summed E-state index contributed by atoms with van der Waals surface area (Å²) in [5, 5.41) is 18.7. The lowest BCUT2D eigenvalue weighted by molar-refractivity contribution is 0.0183. The van der Waals surface area contributed by atoms with E-state index in [1.54, 1.807) is 15.5 Å². The smallest absolute Gasteiger partial charge is 0.410 e. The van der Waals surface area contributed by atoms with E-state index in [0.29, 0.717) is 36.0 Å². The lowest BCUT2D eigenvalue weighted by atomic mass is 10.0. The molecule has 4 aromatic heterocycles. The minimum Gasteiger partial charge on any atom is -0.469 e. The molecule has 11 nitrogen and oxygen atoms in total. The second-order valence-electron chi connectivity index (χ2n) is 11.2. The van der Waals surface area contributed by atoms with Gasteiger partial charge in [-0.1, -0.05) is 11.3 Å². The first-order chi connectivity index (χ1) is 19.0. The van der Waals surface area contributed by atoms with Crippen molar-refractivity contribution in [3.8, 4) is 23.2 Å². The van der Waals surface area contributed by atoms with Gasteiger partial charge in [-0.15, -0.1) is 5.10 Å². The molecule has 1 amide bonds. The van der Waals surface area contributed by atoms with E-state index >= 15 is 0 Å². The SMILES string of the molecule is Cc1ccc(C(C)Oc2cc(-c3nnn(C4CCN(C(=O)OC(C)(C)C)CC4)c3C)cc3ncc(C#N)n23)nc1. The summed E-state index contributed by atoms with van der Waals surface area (Å²) in [4.78, 5) is 23.2.